The van der Waals surface area contributed by atoms with Gasteiger partial charge in [0.25, 0.3) is 0 Å². The van der Waals surface area contributed by atoms with E-state index in [0.717, 1.165) is 50.0 Å². The molecule has 2 aromatic rings. The summed E-state index contributed by atoms with van der Waals surface area (Å²) >= 11 is 5.97. The van der Waals surface area contributed by atoms with Crippen LogP contribution in [0.15, 0.2) is 48.5 Å². The van der Waals surface area contributed by atoms with Gasteiger partial charge in [0.1, 0.15) is 0 Å². The first-order valence-electron chi connectivity index (χ1n) is 12.1. The Morgan fingerprint density at radius 2 is 1.28 bits per heavy atom. The highest BCUT2D eigenvalue weighted by Crippen LogP contribution is 2.21. The first-order valence-corrected chi connectivity index (χ1v) is 12.5. The third-order valence-corrected chi connectivity index (χ3v) is 7.30. The van der Waals surface area contributed by atoms with Crippen LogP contribution < -0.4 is 5.32 Å². The van der Waals surface area contributed by atoms with Gasteiger partial charge in [-0.1, -0.05) is 54.9 Å². The number of halogens is 1. The van der Waals surface area contributed by atoms with Gasteiger partial charge in [-0.05, 0) is 86.6 Å². The van der Waals surface area contributed by atoms with Crippen LogP contribution in [-0.4, -0.2) is 41.9 Å². The molecule has 0 spiro atoms. The van der Waals surface area contributed by atoms with Crippen molar-refractivity contribution >= 4 is 17.5 Å². The molecule has 4 nitrogen and oxygen atoms in total. The number of carbonyl (C=O) groups is 1. The summed E-state index contributed by atoms with van der Waals surface area (Å²) < 4.78 is 0. The molecule has 0 bridgehead atoms. The maximum absolute atomic E-state index is 12.7. The van der Waals surface area contributed by atoms with Crippen molar-refractivity contribution in [3.63, 3.8) is 0 Å². The SMILES string of the molecule is CC1CCN(Cc2ccc(CNC(=O)C3CCN(Cc4ccc(Cl)cc4)CC3)cc2)CC1. The predicted molar refractivity (Wildman–Crippen MR) is 131 cm³/mol. The zero-order valence-electron chi connectivity index (χ0n) is 19.2. The Morgan fingerprint density at radius 1 is 0.812 bits per heavy atom. The predicted octanol–water partition coefficient (Wildman–Crippen LogP) is 5.10. The van der Waals surface area contributed by atoms with Crippen molar-refractivity contribution in [1.82, 2.24) is 15.1 Å². The summed E-state index contributed by atoms with van der Waals surface area (Å²) in [5.41, 5.74) is 3.81. The fourth-order valence-corrected chi connectivity index (χ4v) is 4.90. The minimum Gasteiger partial charge on any atom is -0.352 e. The Balaban J connectivity index is 1.17. The third kappa shape index (κ3) is 6.81. The molecule has 2 aliphatic heterocycles. The number of piperidine rings is 2. The Bertz CT molecular complexity index is 851. The summed E-state index contributed by atoms with van der Waals surface area (Å²) in [4.78, 5) is 17.7. The largest absolute Gasteiger partial charge is 0.352 e. The molecule has 0 saturated carbocycles. The van der Waals surface area contributed by atoms with Gasteiger partial charge in [0.05, 0.1) is 0 Å². The molecule has 2 heterocycles. The molecule has 172 valence electrons. The van der Waals surface area contributed by atoms with Gasteiger partial charge in [-0.2, -0.15) is 0 Å². The molecule has 2 aliphatic rings. The van der Waals surface area contributed by atoms with Crippen LogP contribution in [0.5, 0.6) is 0 Å². The van der Waals surface area contributed by atoms with E-state index in [4.69, 9.17) is 11.6 Å². The van der Waals surface area contributed by atoms with E-state index in [9.17, 15) is 4.79 Å². The Labute approximate surface area is 197 Å². The van der Waals surface area contributed by atoms with E-state index in [0.29, 0.717) is 6.54 Å². The number of likely N-dealkylation sites (tertiary alicyclic amines) is 2. The number of rotatable bonds is 7. The van der Waals surface area contributed by atoms with E-state index in [1.54, 1.807) is 0 Å². The van der Waals surface area contributed by atoms with Gasteiger partial charge in [0.2, 0.25) is 5.91 Å². The van der Waals surface area contributed by atoms with Crippen molar-refractivity contribution in [2.45, 2.75) is 52.2 Å². The molecule has 0 aliphatic carbocycles. The highest BCUT2D eigenvalue weighted by atomic mass is 35.5. The average molecular weight is 454 g/mol. The van der Waals surface area contributed by atoms with Crippen molar-refractivity contribution in [2.75, 3.05) is 26.2 Å². The Kier molecular flexibility index (Phi) is 8.23. The number of hydrogen-bond acceptors (Lipinski definition) is 3. The van der Waals surface area contributed by atoms with Crippen LogP contribution >= 0.6 is 11.6 Å². The monoisotopic (exact) mass is 453 g/mol. The molecule has 5 heteroatoms. The van der Waals surface area contributed by atoms with Crippen molar-refractivity contribution in [3.05, 3.63) is 70.2 Å². The first kappa shape index (κ1) is 23.3. The molecule has 0 aromatic heterocycles. The molecule has 0 atom stereocenters. The molecule has 4 rings (SSSR count). The summed E-state index contributed by atoms with van der Waals surface area (Å²) in [7, 11) is 0. The van der Waals surface area contributed by atoms with E-state index in [2.05, 4.69) is 58.4 Å². The van der Waals surface area contributed by atoms with E-state index >= 15 is 0 Å². The Hall–Kier alpha value is -1.88. The zero-order valence-corrected chi connectivity index (χ0v) is 20.0. The number of carbonyl (C=O) groups excluding carboxylic acids is 1. The number of nitrogens with zero attached hydrogens (tertiary/aromatic N) is 2. The first-order chi connectivity index (χ1) is 15.5. The van der Waals surface area contributed by atoms with Crippen LogP contribution in [-0.2, 0) is 24.4 Å². The van der Waals surface area contributed by atoms with Gasteiger partial charge in [0.15, 0.2) is 0 Å². The number of benzene rings is 2. The van der Waals surface area contributed by atoms with Crippen molar-refractivity contribution < 1.29 is 4.79 Å². The molecular formula is C27H36ClN3O. The van der Waals surface area contributed by atoms with Crippen LogP contribution in [0.3, 0.4) is 0 Å². The lowest BCUT2D eigenvalue weighted by atomic mass is 9.95. The summed E-state index contributed by atoms with van der Waals surface area (Å²) in [6.07, 6.45) is 4.47. The van der Waals surface area contributed by atoms with Crippen LogP contribution in [0.1, 0.15) is 49.3 Å². The van der Waals surface area contributed by atoms with Crippen LogP contribution in [0.4, 0.5) is 0 Å². The van der Waals surface area contributed by atoms with Gasteiger partial charge >= 0.3 is 0 Å². The summed E-state index contributed by atoms with van der Waals surface area (Å²) in [5, 5.41) is 3.94. The molecular weight excluding hydrogens is 418 g/mol. The molecule has 2 saturated heterocycles. The topological polar surface area (TPSA) is 35.6 Å². The van der Waals surface area contributed by atoms with Gasteiger partial charge in [-0.15, -0.1) is 0 Å². The molecule has 2 aromatic carbocycles. The van der Waals surface area contributed by atoms with Gasteiger partial charge in [0, 0.05) is 30.6 Å². The zero-order chi connectivity index (χ0) is 22.3. The molecule has 1 amide bonds. The second kappa shape index (κ2) is 11.3. The molecule has 0 unspecified atom stereocenters. The molecule has 32 heavy (non-hydrogen) atoms. The number of amides is 1. The lowest BCUT2D eigenvalue weighted by molar-refractivity contribution is -0.126. The van der Waals surface area contributed by atoms with Gasteiger partial charge in [-0.25, -0.2) is 0 Å². The minimum absolute atomic E-state index is 0.122. The van der Waals surface area contributed by atoms with Crippen LogP contribution in [0, 0.1) is 11.8 Å². The normalized spacial score (nSPS) is 19.2. The van der Waals surface area contributed by atoms with Crippen molar-refractivity contribution in [1.29, 1.82) is 0 Å². The van der Waals surface area contributed by atoms with Crippen LogP contribution in [0.25, 0.3) is 0 Å². The van der Waals surface area contributed by atoms with Gasteiger partial charge < -0.3 is 5.32 Å². The fourth-order valence-electron chi connectivity index (χ4n) is 4.78. The second-order valence-corrected chi connectivity index (χ2v) is 10.1. The highest BCUT2D eigenvalue weighted by molar-refractivity contribution is 6.30. The number of nitrogens with one attached hydrogen (secondary N) is 1. The third-order valence-electron chi connectivity index (χ3n) is 7.05. The molecule has 1 N–H and O–H groups in total. The standard InChI is InChI=1S/C27H36ClN3O/c1-21-10-14-30(15-11-21)19-23-4-2-22(3-5-23)18-29-27(32)25-12-16-31(17-13-25)20-24-6-8-26(28)9-7-24/h2-9,21,25H,10-20H2,1H3,(H,29,32). The average Bonchev–Trinajstić information content (AvgIpc) is 2.82. The molecule has 2 fully saturated rings. The summed E-state index contributed by atoms with van der Waals surface area (Å²) in [6, 6.07) is 16.8. The van der Waals surface area contributed by atoms with Gasteiger partial charge in [-0.3, -0.25) is 14.6 Å². The van der Waals surface area contributed by atoms with Crippen molar-refractivity contribution in [3.8, 4) is 0 Å². The lowest BCUT2D eigenvalue weighted by Gasteiger charge is -2.31. The van der Waals surface area contributed by atoms with Crippen LogP contribution in [0.2, 0.25) is 5.02 Å². The minimum atomic E-state index is 0.122. The second-order valence-electron chi connectivity index (χ2n) is 9.67. The Morgan fingerprint density at radius 3 is 1.84 bits per heavy atom. The maximum Gasteiger partial charge on any atom is 0.223 e. The van der Waals surface area contributed by atoms with E-state index in [-0.39, 0.29) is 11.8 Å². The van der Waals surface area contributed by atoms with E-state index < -0.39 is 0 Å². The lowest BCUT2D eigenvalue weighted by Crippen LogP contribution is -2.40. The number of hydrogen-bond donors (Lipinski definition) is 1. The smallest absolute Gasteiger partial charge is 0.223 e. The highest BCUT2D eigenvalue weighted by Gasteiger charge is 2.24. The van der Waals surface area contributed by atoms with E-state index in [1.165, 1.54) is 42.6 Å². The molecule has 0 radical (unpaired) electrons. The summed E-state index contributed by atoms with van der Waals surface area (Å²) in [6.45, 7) is 9.27. The van der Waals surface area contributed by atoms with Crippen molar-refractivity contribution in [2.24, 2.45) is 11.8 Å². The van der Waals surface area contributed by atoms with E-state index in [1.807, 2.05) is 12.1 Å². The fraction of sp³-hybridized carbons (Fsp3) is 0.519. The quantitative estimate of drug-likeness (QED) is 0.633. The summed E-state index contributed by atoms with van der Waals surface area (Å²) in [5.74, 6) is 1.19. The maximum atomic E-state index is 12.7.